The molecule has 0 amide bonds. The predicted octanol–water partition coefficient (Wildman–Crippen LogP) is 2.58. The van der Waals surface area contributed by atoms with Crippen LogP contribution in [0.2, 0.25) is 0 Å². The molecule has 2 aliphatic rings. The first-order valence-electron chi connectivity index (χ1n) is 8.82. The lowest BCUT2D eigenvalue weighted by Crippen LogP contribution is -2.46. The normalized spacial score (nSPS) is 27.6. The summed E-state index contributed by atoms with van der Waals surface area (Å²) in [6.45, 7) is 9.64. The number of benzene rings is 1. The van der Waals surface area contributed by atoms with E-state index in [9.17, 15) is 0 Å². The van der Waals surface area contributed by atoms with Crippen LogP contribution >= 0.6 is 0 Å². The summed E-state index contributed by atoms with van der Waals surface area (Å²) in [5.74, 6) is 0. The van der Waals surface area contributed by atoms with E-state index in [4.69, 9.17) is 0 Å². The third-order valence-corrected chi connectivity index (χ3v) is 5.52. The van der Waals surface area contributed by atoms with Gasteiger partial charge in [0, 0.05) is 25.7 Å². The van der Waals surface area contributed by atoms with Crippen molar-refractivity contribution in [2.24, 2.45) is 5.41 Å². The van der Waals surface area contributed by atoms with E-state index in [0.717, 1.165) is 12.6 Å². The summed E-state index contributed by atoms with van der Waals surface area (Å²) < 4.78 is 0. The summed E-state index contributed by atoms with van der Waals surface area (Å²) in [7, 11) is 2.33. The smallest absolute Gasteiger partial charge is 0.0233 e. The molecular formula is C19H31N3. The second kappa shape index (κ2) is 7.12. The fraction of sp³-hybridized carbons (Fsp3) is 0.684. The minimum Gasteiger partial charge on any atom is -0.316 e. The minimum absolute atomic E-state index is 0.482. The number of nitrogens with one attached hydrogen (secondary N) is 1. The van der Waals surface area contributed by atoms with E-state index in [0.29, 0.717) is 5.41 Å². The Kier molecular flexibility index (Phi) is 5.17. The van der Waals surface area contributed by atoms with Gasteiger partial charge in [0.05, 0.1) is 0 Å². The Hall–Kier alpha value is -0.900. The molecule has 1 atom stereocenters. The average molecular weight is 301 g/mol. The SMILES string of the molecule is CN(CC1(C)CCNC1)C1CCN(Cc2ccccc2)CC1. The average Bonchev–Trinajstić information content (AvgIpc) is 2.95. The molecule has 2 heterocycles. The fourth-order valence-electron chi connectivity index (χ4n) is 4.09. The first-order chi connectivity index (χ1) is 10.6. The Balaban J connectivity index is 1.45. The number of likely N-dealkylation sites (tertiary alicyclic amines) is 1. The Bertz CT molecular complexity index is 445. The van der Waals surface area contributed by atoms with E-state index in [1.165, 1.54) is 57.5 Å². The van der Waals surface area contributed by atoms with Crippen molar-refractivity contribution in [1.29, 1.82) is 0 Å². The fourth-order valence-corrected chi connectivity index (χ4v) is 4.09. The summed E-state index contributed by atoms with van der Waals surface area (Å²) in [5, 5.41) is 3.52. The molecule has 1 aromatic rings. The summed E-state index contributed by atoms with van der Waals surface area (Å²) in [6, 6.07) is 11.6. The van der Waals surface area contributed by atoms with Crippen molar-refractivity contribution in [2.45, 2.75) is 38.8 Å². The molecule has 22 heavy (non-hydrogen) atoms. The molecule has 1 N–H and O–H groups in total. The summed E-state index contributed by atoms with van der Waals surface area (Å²) >= 11 is 0. The van der Waals surface area contributed by atoms with Gasteiger partial charge in [0.2, 0.25) is 0 Å². The van der Waals surface area contributed by atoms with Gasteiger partial charge >= 0.3 is 0 Å². The van der Waals surface area contributed by atoms with Gasteiger partial charge in [-0.2, -0.15) is 0 Å². The maximum Gasteiger partial charge on any atom is 0.0233 e. The van der Waals surface area contributed by atoms with Crippen LogP contribution in [0.4, 0.5) is 0 Å². The molecule has 0 bridgehead atoms. The van der Waals surface area contributed by atoms with Crippen molar-refractivity contribution in [3.05, 3.63) is 35.9 Å². The zero-order valence-corrected chi connectivity index (χ0v) is 14.2. The van der Waals surface area contributed by atoms with Gasteiger partial charge in [-0.15, -0.1) is 0 Å². The summed E-state index contributed by atoms with van der Waals surface area (Å²) in [6.07, 6.45) is 3.95. The van der Waals surface area contributed by atoms with Gasteiger partial charge < -0.3 is 10.2 Å². The van der Waals surface area contributed by atoms with Crippen molar-refractivity contribution in [2.75, 3.05) is 39.8 Å². The number of rotatable bonds is 5. The highest BCUT2D eigenvalue weighted by Gasteiger charge is 2.32. The first-order valence-corrected chi connectivity index (χ1v) is 8.82. The van der Waals surface area contributed by atoms with Crippen LogP contribution in [-0.2, 0) is 6.54 Å². The van der Waals surface area contributed by atoms with Gasteiger partial charge in [0.25, 0.3) is 0 Å². The quantitative estimate of drug-likeness (QED) is 0.902. The van der Waals surface area contributed by atoms with Gasteiger partial charge in [-0.25, -0.2) is 0 Å². The van der Waals surface area contributed by atoms with Crippen LogP contribution in [0.1, 0.15) is 31.7 Å². The lowest BCUT2D eigenvalue weighted by atomic mass is 9.88. The molecule has 2 saturated heterocycles. The van der Waals surface area contributed by atoms with Crippen molar-refractivity contribution >= 4 is 0 Å². The molecule has 1 unspecified atom stereocenters. The molecule has 3 rings (SSSR count). The van der Waals surface area contributed by atoms with Crippen LogP contribution in [0.25, 0.3) is 0 Å². The van der Waals surface area contributed by atoms with Gasteiger partial charge in [-0.1, -0.05) is 37.3 Å². The molecule has 122 valence electrons. The van der Waals surface area contributed by atoms with E-state index in [1.807, 2.05) is 0 Å². The van der Waals surface area contributed by atoms with Crippen molar-refractivity contribution < 1.29 is 0 Å². The third-order valence-electron chi connectivity index (χ3n) is 5.52. The molecule has 3 nitrogen and oxygen atoms in total. The maximum absolute atomic E-state index is 3.52. The van der Waals surface area contributed by atoms with Crippen LogP contribution in [-0.4, -0.2) is 55.6 Å². The van der Waals surface area contributed by atoms with Crippen molar-refractivity contribution in [3.8, 4) is 0 Å². The molecule has 1 aromatic carbocycles. The Morgan fingerprint density at radius 3 is 2.59 bits per heavy atom. The van der Waals surface area contributed by atoms with Gasteiger partial charge in [-0.05, 0) is 56.9 Å². The van der Waals surface area contributed by atoms with E-state index >= 15 is 0 Å². The first kappa shape index (κ1) is 16.0. The molecule has 0 aromatic heterocycles. The van der Waals surface area contributed by atoms with E-state index in [-0.39, 0.29) is 0 Å². The lowest BCUT2D eigenvalue weighted by Gasteiger charge is -2.39. The van der Waals surface area contributed by atoms with Gasteiger partial charge in [0.1, 0.15) is 0 Å². The molecule has 3 heteroatoms. The number of hydrogen-bond acceptors (Lipinski definition) is 3. The molecule has 2 aliphatic heterocycles. The second-order valence-electron chi connectivity index (χ2n) is 7.65. The predicted molar refractivity (Wildman–Crippen MR) is 93.0 cm³/mol. The highest BCUT2D eigenvalue weighted by molar-refractivity contribution is 5.14. The third kappa shape index (κ3) is 4.09. The zero-order valence-electron chi connectivity index (χ0n) is 14.2. The zero-order chi connectivity index (χ0) is 15.4. The van der Waals surface area contributed by atoms with E-state index < -0.39 is 0 Å². The van der Waals surface area contributed by atoms with Gasteiger partial charge in [0.15, 0.2) is 0 Å². The highest BCUT2D eigenvalue weighted by Crippen LogP contribution is 2.27. The molecule has 0 aliphatic carbocycles. The van der Waals surface area contributed by atoms with Crippen molar-refractivity contribution in [1.82, 2.24) is 15.1 Å². The number of nitrogens with zero attached hydrogens (tertiary/aromatic N) is 2. The Morgan fingerprint density at radius 2 is 1.95 bits per heavy atom. The van der Waals surface area contributed by atoms with Crippen LogP contribution in [0.15, 0.2) is 30.3 Å². The lowest BCUT2D eigenvalue weighted by molar-refractivity contribution is 0.0941. The van der Waals surface area contributed by atoms with E-state index in [2.05, 4.69) is 59.4 Å². The second-order valence-corrected chi connectivity index (χ2v) is 7.65. The molecule has 0 saturated carbocycles. The molecule has 0 radical (unpaired) electrons. The highest BCUT2D eigenvalue weighted by atomic mass is 15.2. The maximum atomic E-state index is 3.52. The van der Waals surface area contributed by atoms with Crippen molar-refractivity contribution in [3.63, 3.8) is 0 Å². The summed E-state index contributed by atoms with van der Waals surface area (Å²) in [5.41, 5.74) is 1.93. The number of hydrogen-bond donors (Lipinski definition) is 1. The van der Waals surface area contributed by atoms with E-state index in [1.54, 1.807) is 0 Å². The molecule has 2 fully saturated rings. The Labute approximate surface area is 135 Å². The number of piperidine rings is 1. The summed E-state index contributed by atoms with van der Waals surface area (Å²) in [4.78, 5) is 5.24. The van der Waals surface area contributed by atoms with Crippen LogP contribution < -0.4 is 5.32 Å². The largest absolute Gasteiger partial charge is 0.316 e. The minimum atomic E-state index is 0.482. The van der Waals surface area contributed by atoms with Gasteiger partial charge in [-0.3, -0.25) is 4.90 Å². The van der Waals surface area contributed by atoms with Crippen LogP contribution in [0, 0.1) is 5.41 Å². The standard InChI is InChI=1S/C19H31N3/c1-19(10-11-20-15-19)16-21(2)18-8-12-22(13-9-18)14-17-6-4-3-5-7-17/h3-7,18,20H,8-16H2,1-2H3. The Morgan fingerprint density at radius 1 is 1.23 bits per heavy atom. The molecule has 0 spiro atoms. The van der Waals surface area contributed by atoms with Crippen LogP contribution in [0.3, 0.4) is 0 Å². The monoisotopic (exact) mass is 301 g/mol. The van der Waals surface area contributed by atoms with Crippen LogP contribution in [0.5, 0.6) is 0 Å². The topological polar surface area (TPSA) is 18.5 Å². The molecular weight excluding hydrogens is 270 g/mol.